The van der Waals surface area contributed by atoms with E-state index >= 15 is 0 Å². The number of rotatable bonds is 1. The van der Waals surface area contributed by atoms with Crippen LogP contribution in [-0.4, -0.2) is 14.6 Å². The molecule has 2 aromatic heterocycles. The normalized spacial score (nSPS) is 18.7. The molecule has 1 saturated carbocycles. The fourth-order valence-electron chi connectivity index (χ4n) is 1.72. The van der Waals surface area contributed by atoms with E-state index in [-0.39, 0.29) is 5.54 Å². The van der Waals surface area contributed by atoms with Crippen LogP contribution in [0.2, 0.25) is 0 Å². The van der Waals surface area contributed by atoms with Gasteiger partial charge in [-0.1, -0.05) is 0 Å². The maximum atomic E-state index is 6.12. The zero-order chi connectivity index (χ0) is 9.76. The van der Waals surface area contributed by atoms with Crippen molar-refractivity contribution in [3.8, 4) is 0 Å². The van der Waals surface area contributed by atoms with Gasteiger partial charge in [0, 0.05) is 23.5 Å². The summed E-state index contributed by atoms with van der Waals surface area (Å²) in [6, 6.07) is 0. The second-order valence-corrected chi connectivity index (χ2v) is 4.11. The zero-order valence-electron chi connectivity index (χ0n) is 8.07. The number of aromatic nitrogens is 3. The van der Waals surface area contributed by atoms with Crippen LogP contribution in [-0.2, 0) is 5.54 Å². The quantitative estimate of drug-likeness (QED) is 0.726. The third kappa shape index (κ3) is 0.974. The molecule has 0 unspecified atom stereocenters. The van der Waals surface area contributed by atoms with Crippen molar-refractivity contribution in [3.63, 3.8) is 0 Å². The molecule has 1 aliphatic rings. The molecule has 4 heteroatoms. The van der Waals surface area contributed by atoms with Gasteiger partial charge in [0.2, 0.25) is 0 Å². The van der Waals surface area contributed by atoms with Crippen LogP contribution in [0.3, 0.4) is 0 Å². The van der Waals surface area contributed by atoms with Crippen LogP contribution in [0.4, 0.5) is 0 Å². The van der Waals surface area contributed by atoms with Crippen LogP contribution >= 0.6 is 0 Å². The minimum absolute atomic E-state index is 0.149. The van der Waals surface area contributed by atoms with Gasteiger partial charge in [-0.15, -0.1) is 0 Å². The number of hydrogen-bond acceptors (Lipinski definition) is 3. The number of nitrogens with zero attached hydrogens (tertiary/aromatic N) is 3. The second-order valence-electron chi connectivity index (χ2n) is 4.11. The van der Waals surface area contributed by atoms with E-state index in [2.05, 4.69) is 10.1 Å². The van der Waals surface area contributed by atoms with Gasteiger partial charge in [0.05, 0.1) is 6.20 Å². The highest BCUT2D eigenvalue weighted by Crippen LogP contribution is 2.43. The summed E-state index contributed by atoms with van der Waals surface area (Å²) < 4.78 is 1.80. The van der Waals surface area contributed by atoms with Crippen LogP contribution < -0.4 is 5.73 Å². The number of aryl methyl sites for hydroxylation is 1. The van der Waals surface area contributed by atoms with Crippen molar-refractivity contribution in [1.29, 1.82) is 0 Å². The van der Waals surface area contributed by atoms with Gasteiger partial charge in [0.1, 0.15) is 0 Å². The van der Waals surface area contributed by atoms with Crippen molar-refractivity contribution >= 4 is 5.65 Å². The van der Waals surface area contributed by atoms with Crippen molar-refractivity contribution < 1.29 is 0 Å². The SMILES string of the molecule is Cc1cnc2c(C3(N)CC3)cnn2c1. The fraction of sp³-hybridized carbons (Fsp3) is 0.400. The maximum absolute atomic E-state index is 6.12. The Hall–Kier alpha value is -1.42. The summed E-state index contributed by atoms with van der Waals surface area (Å²) >= 11 is 0. The molecule has 0 atom stereocenters. The average molecular weight is 188 g/mol. The van der Waals surface area contributed by atoms with Gasteiger partial charge in [-0.2, -0.15) is 5.10 Å². The Morgan fingerprint density at radius 2 is 2.21 bits per heavy atom. The summed E-state index contributed by atoms with van der Waals surface area (Å²) in [6.45, 7) is 2.00. The maximum Gasteiger partial charge on any atom is 0.159 e. The highest BCUT2D eigenvalue weighted by atomic mass is 15.2. The Kier molecular flexibility index (Phi) is 1.32. The molecule has 4 nitrogen and oxygen atoms in total. The highest BCUT2D eigenvalue weighted by Gasteiger charge is 2.42. The molecule has 0 radical (unpaired) electrons. The molecule has 72 valence electrons. The molecular weight excluding hydrogens is 176 g/mol. The van der Waals surface area contributed by atoms with Gasteiger partial charge in [-0.05, 0) is 25.3 Å². The standard InChI is InChI=1S/C10H12N4/c1-7-4-12-9-8(10(11)2-3-10)5-13-14(9)6-7/h4-6H,2-3,11H2,1H3. The summed E-state index contributed by atoms with van der Waals surface area (Å²) in [7, 11) is 0. The molecule has 2 aromatic rings. The Morgan fingerprint density at radius 1 is 1.43 bits per heavy atom. The lowest BCUT2D eigenvalue weighted by Crippen LogP contribution is -2.18. The Bertz CT molecular complexity index is 496. The first-order chi connectivity index (χ1) is 6.69. The second kappa shape index (κ2) is 2.33. The van der Waals surface area contributed by atoms with Crippen molar-refractivity contribution in [2.75, 3.05) is 0 Å². The largest absolute Gasteiger partial charge is 0.321 e. The first-order valence-corrected chi connectivity index (χ1v) is 4.78. The molecule has 1 aliphatic carbocycles. The van der Waals surface area contributed by atoms with Crippen LogP contribution in [0.15, 0.2) is 18.6 Å². The molecule has 2 heterocycles. The van der Waals surface area contributed by atoms with Crippen LogP contribution in [0.5, 0.6) is 0 Å². The van der Waals surface area contributed by atoms with Gasteiger partial charge in [-0.3, -0.25) is 0 Å². The number of fused-ring (bicyclic) bond motifs is 1. The third-order valence-electron chi connectivity index (χ3n) is 2.81. The van der Waals surface area contributed by atoms with E-state index in [9.17, 15) is 0 Å². The van der Waals surface area contributed by atoms with E-state index in [0.29, 0.717) is 0 Å². The zero-order valence-corrected chi connectivity index (χ0v) is 8.07. The summed E-state index contributed by atoms with van der Waals surface area (Å²) in [5.41, 5.74) is 9.06. The lowest BCUT2D eigenvalue weighted by atomic mass is 10.1. The number of hydrogen-bond donors (Lipinski definition) is 1. The predicted molar refractivity (Wildman–Crippen MR) is 52.8 cm³/mol. The van der Waals surface area contributed by atoms with Crippen molar-refractivity contribution in [2.24, 2.45) is 5.73 Å². The van der Waals surface area contributed by atoms with Crippen molar-refractivity contribution in [2.45, 2.75) is 25.3 Å². The average Bonchev–Trinajstić information content (AvgIpc) is 2.77. The molecule has 0 amide bonds. The van der Waals surface area contributed by atoms with E-state index in [1.165, 1.54) is 0 Å². The first kappa shape index (κ1) is 7.94. The van der Waals surface area contributed by atoms with Crippen molar-refractivity contribution in [1.82, 2.24) is 14.6 Å². The molecule has 0 aromatic carbocycles. The monoisotopic (exact) mass is 188 g/mol. The predicted octanol–water partition coefficient (Wildman–Crippen LogP) is 0.986. The van der Waals surface area contributed by atoms with Crippen LogP contribution in [0.25, 0.3) is 5.65 Å². The lowest BCUT2D eigenvalue weighted by molar-refractivity contribution is 0.745. The fourth-order valence-corrected chi connectivity index (χ4v) is 1.72. The first-order valence-electron chi connectivity index (χ1n) is 4.78. The minimum Gasteiger partial charge on any atom is -0.321 e. The molecule has 0 aliphatic heterocycles. The molecule has 0 saturated heterocycles. The Balaban J connectivity index is 2.27. The Labute approximate surface area is 81.8 Å². The summed E-state index contributed by atoms with van der Waals surface area (Å²) in [5.74, 6) is 0. The van der Waals surface area contributed by atoms with Crippen molar-refractivity contribution in [3.05, 3.63) is 29.7 Å². The van der Waals surface area contributed by atoms with Gasteiger partial charge in [-0.25, -0.2) is 9.50 Å². The van der Waals surface area contributed by atoms with E-state index < -0.39 is 0 Å². The van der Waals surface area contributed by atoms with Gasteiger partial charge in [0.15, 0.2) is 5.65 Å². The van der Waals surface area contributed by atoms with Gasteiger partial charge < -0.3 is 5.73 Å². The smallest absolute Gasteiger partial charge is 0.159 e. The summed E-state index contributed by atoms with van der Waals surface area (Å²) in [4.78, 5) is 4.37. The lowest BCUT2D eigenvalue weighted by Gasteiger charge is -2.04. The summed E-state index contributed by atoms with van der Waals surface area (Å²) in [5, 5.41) is 4.26. The number of nitrogens with two attached hydrogens (primary N) is 1. The molecule has 3 rings (SSSR count). The molecule has 0 bridgehead atoms. The van der Waals surface area contributed by atoms with Gasteiger partial charge >= 0.3 is 0 Å². The van der Waals surface area contributed by atoms with E-state index in [4.69, 9.17) is 5.73 Å². The van der Waals surface area contributed by atoms with Crippen LogP contribution in [0.1, 0.15) is 24.0 Å². The third-order valence-corrected chi connectivity index (χ3v) is 2.81. The van der Waals surface area contributed by atoms with E-state index in [1.807, 2.05) is 25.5 Å². The van der Waals surface area contributed by atoms with E-state index in [0.717, 1.165) is 29.6 Å². The molecular formula is C10H12N4. The molecule has 1 fully saturated rings. The molecule has 14 heavy (non-hydrogen) atoms. The Morgan fingerprint density at radius 3 is 2.93 bits per heavy atom. The minimum atomic E-state index is -0.149. The summed E-state index contributed by atoms with van der Waals surface area (Å²) in [6.07, 6.45) is 7.76. The van der Waals surface area contributed by atoms with Gasteiger partial charge in [0.25, 0.3) is 0 Å². The van der Waals surface area contributed by atoms with Crippen LogP contribution in [0, 0.1) is 6.92 Å². The van der Waals surface area contributed by atoms with E-state index in [1.54, 1.807) is 4.52 Å². The molecule has 0 spiro atoms. The molecule has 2 N–H and O–H groups in total. The topological polar surface area (TPSA) is 56.2 Å². The highest BCUT2D eigenvalue weighted by molar-refractivity contribution is 5.52.